The first kappa shape index (κ1) is 27.7. The maximum absolute atomic E-state index is 14.4. The molecular weight excluding hydrogens is 484 g/mol. The molecule has 1 atom stereocenters. The molecule has 8 heteroatoms. The van der Waals surface area contributed by atoms with Crippen molar-refractivity contribution in [3.8, 4) is 0 Å². The molecule has 0 N–H and O–H groups in total. The van der Waals surface area contributed by atoms with Crippen molar-refractivity contribution in [2.24, 2.45) is 0 Å². The lowest BCUT2D eigenvalue weighted by Crippen LogP contribution is -2.49. The summed E-state index contributed by atoms with van der Waals surface area (Å²) in [7, 11) is -4.03. The molecule has 0 aliphatic carbocycles. The van der Waals surface area contributed by atoms with E-state index in [1.165, 1.54) is 10.5 Å². The van der Waals surface area contributed by atoms with Crippen LogP contribution in [0.5, 0.6) is 0 Å². The number of halogens is 1. The van der Waals surface area contributed by atoms with Gasteiger partial charge in [0.15, 0.2) is 6.21 Å². The minimum Gasteiger partial charge on any atom is -0.618 e. The molecule has 1 saturated heterocycles. The third-order valence-corrected chi connectivity index (χ3v) is 8.89. The second-order valence-corrected chi connectivity index (χ2v) is 12.8. The van der Waals surface area contributed by atoms with Gasteiger partial charge in [0.2, 0.25) is 15.7 Å². The Morgan fingerprint density at radius 1 is 1.03 bits per heavy atom. The van der Waals surface area contributed by atoms with Crippen LogP contribution in [0.2, 0.25) is 5.02 Å². The second kappa shape index (κ2) is 10.2. The molecule has 3 rings (SSSR count). The van der Waals surface area contributed by atoms with Crippen LogP contribution in [0.1, 0.15) is 89.8 Å². The summed E-state index contributed by atoms with van der Waals surface area (Å²) in [6.45, 7) is 15.8. The third-order valence-electron chi connectivity index (χ3n) is 6.42. The van der Waals surface area contributed by atoms with E-state index in [1.807, 2.05) is 39.8 Å². The van der Waals surface area contributed by atoms with Gasteiger partial charge >= 0.3 is 0 Å². The zero-order chi connectivity index (χ0) is 26.3. The zero-order valence-electron chi connectivity index (χ0n) is 21.9. The maximum Gasteiger partial charge on any atom is 0.246 e. The molecule has 1 aliphatic heterocycles. The van der Waals surface area contributed by atoms with Crippen molar-refractivity contribution in [1.82, 2.24) is 4.31 Å². The molecule has 6 nitrogen and oxygen atoms in total. The molecule has 1 heterocycles. The van der Waals surface area contributed by atoms with Crippen LogP contribution in [-0.2, 0) is 14.8 Å². The van der Waals surface area contributed by atoms with E-state index < -0.39 is 21.8 Å². The van der Waals surface area contributed by atoms with Crippen LogP contribution in [0.25, 0.3) is 0 Å². The summed E-state index contributed by atoms with van der Waals surface area (Å²) in [5.74, 6) is 0.257. The van der Waals surface area contributed by atoms with Crippen molar-refractivity contribution in [3.63, 3.8) is 0 Å². The third kappa shape index (κ3) is 5.58. The summed E-state index contributed by atoms with van der Waals surface area (Å²) in [5, 5.41) is 13.5. The predicted molar refractivity (Wildman–Crippen MR) is 142 cm³/mol. The average Bonchev–Trinajstić information content (AvgIpc) is 3.07. The Morgan fingerprint density at radius 3 is 2.00 bits per heavy atom. The fraction of sp³-hybridized carbons (Fsp3) is 0.519. The molecule has 192 valence electrons. The molecule has 0 saturated carbocycles. The summed E-state index contributed by atoms with van der Waals surface area (Å²) in [6.07, 6.45) is 1.36. The first-order chi connectivity index (χ1) is 16.2. The number of sulfonamides is 1. The smallest absolute Gasteiger partial charge is 0.246 e. The average molecular weight is 521 g/mol. The van der Waals surface area contributed by atoms with Crippen molar-refractivity contribution >= 4 is 33.5 Å². The van der Waals surface area contributed by atoms with Crippen molar-refractivity contribution in [2.75, 3.05) is 6.61 Å². The van der Waals surface area contributed by atoms with Gasteiger partial charge in [-0.15, -0.1) is 0 Å². The molecule has 1 fully saturated rings. The second-order valence-electron chi connectivity index (χ2n) is 10.6. The van der Waals surface area contributed by atoms with Crippen LogP contribution in [-0.4, -0.2) is 42.1 Å². The predicted octanol–water partition coefficient (Wildman–Crippen LogP) is 6.75. The fourth-order valence-electron chi connectivity index (χ4n) is 4.51. The topological polar surface area (TPSA) is 72.7 Å². The Bertz CT molecular complexity index is 1170. The van der Waals surface area contributed by atoms with E-state index in [1.54, 1.807) is 38.1 Å². The molecule has 0 bridgehead atoms. The van der Waals surface area contributed by atoms with Crippen molar-refractivity contribution in [2.45, 2.75) is 89.8 Å². The van der Waals surface area contributed by atoms with Gasteiger partial charge < -0.3 is 9.94 Å². The number of rotatable bonds is 7. The SMILES string of the molecule is CC(C)c1cc(C(C)C)c(S(=O)(=O)N2[C@H](/C=[N+](\[O-])c3ccc(Cl)cc3)COC2(C)C)c(C(C)C)c1. The van der Waals surface area contributed by atoms with Crippen molar-refractivity contribution in [3.05, 3.63) is 63.3 Å². The van der Waals surface area contributed by atoms with Crippen molar-refractivity contribution in [1.29, 1.82) is 0 Å². The molecule has 0 spiro atoms. The standard InChI is InChI=1S/C27H37ClN2O4S/c1-17(2)20-13-24(18(3)4)26(25(14-20)19(5)6)35(32,33)30-23(16-34-27(30,7)8)15-29(31)22-11-9-21(28)10-12-22/h9-15,17-19,23H,16H2,1-8H3/b29-15-/t23-/m1/s1. The van der Waals surface area contributed by atoms with E-state index in [-0.39, 0.29) is 24.4 Å². The van der Waals surface area contributed by atoms with Gasteiger partial charge in [0.05, 0.1) is 11.5 Å². The normalized spacial score (nSPS) is 19.3. The number of hydrogen-bond donors (Lipinski definition) is 0. The molecule has 1 aliphatic rings. The summed E-state index contributed by atoms with van der Waals surface area (Å²) < 4.78 is 36.8. The van der Waals surface area contributed by atoms with Gasteiger partial charge in [-0.1, -0.05) is 65.3 Å². The Morgan fingerprint density at radius 2 is 1.54 bits per heavy atom. The van der Waals surface area contributed by atoms with E-state index in [9.17, 15) is 13.6 Å². The van der Waals surface area contributed by atoms with E-state index in [0.717, 1.165) is 16.7 Å². The monoisotopic (exact) mass is 520 g/mol. The van der Waals surface area contributed by atoms with Crippen LogP contribution in [0, 0.1) is 5.21 Å². The van der Waals surface area contributed by atoms with Gasteiger partial charge in [-0.25, -0.2) is 8.42 Å². The van der Waals surface area contributed by atoms with Gasteiger partial charge in [-0.2, -0.15) is 9.04 Å². The minimum absolute atomic E-state index is 0.00453. The molecular formula is C27H37ClN2O4S. The highest BCUT2D eigenvalue weighted by molar-refractivity contribution is 7.89. The first-order valence-corrected chi connectivity index (χ1v) is 13.9. The number of benzene rings is 2. The summed E-state index contributed by atoms with van der Waals surface area (Å²) in [6, 6.07) is 9.72. The fourth-order valence-corrected chi connectivity index (χ4v) is 7.12. The molecule has 35 heavy (non-hydrogen) atoms. The quantitative estimate of drug-likeness (QED) is 0.175. The lowest BCUT2D eigenvalue weighted by Gasteiger charge is -2.33. The molecule has 0 unspecified atom stereocenters. The highest BCUT2D eigenvalue weighted by Gasteiger charge is 2.50. The van der Waals surface area contributed by atoms with Crippen LogP contribution in [0.4, 0.5) is 5.69 Å². The van der Waals surface area contributed by atoms with Gasteiger partial charge in [0, 0.05) is 17.2 Å². The zero-order valence-corrected chi connectivity index (χ0v) is 23.4. The number of nitrogens with zero attached hydrogens (tertiary/aromatic N) is 2. The lowest BCUT2D eigenvalue weighted by atomic mass is 9.89. The number of ether oxygens (including phenoxy) is 1. The largest absolute Gasteiger partial charge is 0.618 e. The van der Waals surface area contributed by atoms with Crippen LogP contribution < -0.4 is 0 Å². The molecule has 2 aromatic carbocycles. The Balaban J connectivity index is 2.21. The Hall–Kier alpha value is -1.93. The van der Waals surface area contributed by atoms with Crippen LogP contribution in [0.3, 0.4) is 0 Å². The molecule has 0 radical (unpaired) electrons. The Kier molecular flexibility index (Phi) is 8.07. The lowest BCUT2D eigenvalue weighted by molar-refractivity contribution is -0.357. The molecule has 0 aromatic heterocycles. The summed E-state index contributed by atoms with van der Waals surface area (Å²) >= 11 is 5.95. The summed E-state index contributed by atoms with van der Waals surface area (Å²) in [5.41, 5.74) is 1.93. The number of hydrogen-bond acceptors (Lipinski definition) is 4. The van der Waals surface area contributed by atoms with Gasteiger partial charge in [-0.05, 0) is 60.4 Å². The maximum atomic E-state index is 14.4. The van der Waals surface area contributed by atoms with Crippen molar-refractivity contribution < 1.29 is 17.9 Å². The van der Waals surface area contributed by atoms with E-state index in [2.05, 4.69) is 13.8 Å². The van der Waals surface area contributed by atoms with Gasteiger partial charge in [0.25, 0.3) is 0 Å². The van der Waals surface area contributed by atoms with Crippen LogP contribution in [0.15, 0.2) is 41.3 Å². The van der Waals surface area contributed by atoms with Crippen LogP contribution >= 0.6 is 11.6 Å². The highest BCUT2D eigenvalue weighted by Crippen LogP contribution is 2.41. The minimum atomic E-state index is -4.03. The Labute approximate surface area is 215 Å². The highest BCUT2D eigenvalue weighted by atomic mass is 35.5. The van der Waals surface area contributed by atoms with Gasteiger partial charge in [0.1, 0.15) is 11.8 Å². The summed E-state index contributed by atoms with van der Waals surface area (Å²) in [4.78, 5) is 0.327. The molecule has 2 aromatic rings. The molecule has 0 amide bonds. The van der Waals surface area contributed by atoms with E-state index >= 15 is 0 Å². The van der Waals surface area contributed by atoms with Gasteiger partial charge in [-0.3, -0.25) is 0 Å². The first-order valence-electron chi connectivity index (χ1n) is 12.1. The van der Waals surface area contributed by atoms with E-state index in [0.29, 0.717) is 20.3 Å². The van der Waals surface area contributed by atoms with E-state index in [4.69, 9.17) is 16.3 Å².